The Morgan fingerprint density at radius 3 is 2.35 bits per heavy atom. The van der Waals surface area contributed by atoms with Crippen molar-refractivity contribution in [2.75, 3.05) is 10.6 Å². The lowest BCUT2D eigenvalue weighted by Gasteiger charge is -2.12. The van der Waals surface area contributed by atoms with Gasteiger partial charge in [0.1, 0.15) is 0 Å². The second-order valence-corrected chi connectivity index (χ2v) is 6.82. The summed E-state index contributed by atoms with van der Waals surface area (Å²) in [4.78, 5) is 0. The fourth-order valence-corrected chi connectivity index (χ4v) is 3.12. The molecule has 2 aromatic carbocycles. The van der Waals surface area contributed by atoms with Crippen LogP contribution in [-0.4, -0.2) is 5.11 Å². The van der Waals surface area contributed by atoms with Crippen molar-refractivity contribution in [3.63, 3.8) is 0 Å². The second-order valence-electron chi connectivity index (χ2n) is 3.83. The SMILES string of the molecule is S=C(Nc1ccc(Cl)c(Cl)c1)Nc1ccc(Br)cc1Br. The van der Waals surface area contributed by atoms with E-state index in [-0.39, 0.29) is 0 Å². The monoisotopic (exact) mass is 452 g/mol. The zero-order valence-electron chi connectivity index (χ0n) is 9.88. The molecule has 0 bridgehead atoms. The molecule has 0 fully saturated rings. The van der Waals surface area contributed by atoms with Gasteiger partial charge in [0.05, 0.1) is 15.7 Å². The summed E-state index contributed by atoms with van der Waals surface area (Å²) < 4.78 is 1.89. The fourth-order valence-electron chi connectivity index (χ4n) is 1.45. The molecular formula is C13H8Br2Cl2N2S. The van der Waals surface area contributed by atoms with E-state index in [1.807, 2.05) is 18.2 Å². The average molecular weight is 455 g/mol. The second kappa shape index (κ2) is 7.09. The summed E-state index contributed by atoms with van der Waals surface area (Å²) >= 11 is 23.9. The van der Waals surface area contributed by atoms with Gasteiger partial charge in [-0.2, -0.15) is 0 Å². The highest BCUT2D eigenvalue weighted by Crippen LogP contribution is 2.27. The minimum Gasteiger partial charge on any atom is -0.332 e. The molecule has 0 saturated heterocycles. The number of halogens is 4. The molecule has 0 radical (unpaired) electrons. The molecule has 0 unspecified atom stereocenters. The Labute approximate surface area is 149 Å². The first-order valence-electron chi connectivity index (χ1n) is 5.44. The van der Waals surface area contributed by atoms with Crippen molar-refractivity contribution in [1.82, 2.24) is 0 Å². The van der Waals surface area contributed by atoms with Crippen LogP contribution in [0, 0.1) is 0 Å². The summed E-state index contributed by atoms with van der Waals surface area (Å²) in [7, 11) is 0. The lowest BCUT2D eigenvalue weighted by atomic mass is 10.3. The van der Waals surface area contributed by atoms with Crippen LogP contribution in [0.3, 0.4) is 0 Å². The average Bonchev–Trinajstić information content (AvgIpc) is 2.37. The maximum atomic E-state index is 5.95. The topological polar surface area (TPSA) is 24.1 Å². The first-order valence-corrected chi connectivity index (χ1v) is 8.19. The summed E-state index contributed by atoms with van der Waals surface area (Å²) in [5.41, 5.74) is 1.64. The van der Waals surface area contributed by atoms with Crippen molar-refractivity contribution in [2.45, 2.75) is 0 Å². The standard InChI is InChI=1S/C13H8Br2Cl2N2S/c14-7-1-4-12(9(15)5-7)19-13(20)18-8-2-3-10(16)11(17)6-8/h1-6H,(H2,18,19,20). The number of thiocarbonyl (C=S) groups is 1. The zero-order chi connectivity index (χ0) is 14.7. The lowest BCUT2D eigenvalue weighted by molar-refractivity contribution is 1.55. The van der Waals surface area contributed by atoms with Crippen molar-refractivity contribution in [3.8, 4) is 0 Å². The lowest BCUT2D eigenvalue weighted by Crippen LogP contribution is -2.19. The molecular weight excluding hydrogens is 447 g/mol. The van der Waals surface area contributed by atoms with Crippen LogP contribution in [0.1, 0.15) is 0 Å². The third-order valence-corrected chi connectivity index (χ3v) is 4.45. The minimum absolute atomic E-state index is 0.464. The molecule has 7 heteroatoms. The van der Waals surface area contributed by atoms with Crippen LogP contribution in [0.25, 0.3) is 0 Å². The molecule has 0 aromatic heterocycles. The van der Waals surface area contributed by atoms with E-state index >= 15 is 0 Å². The molecule has 2 rings (SSSR count). The predicted molar refractivity (Wildman–Crippen MR) is 98.1 cm³/mol. The molecule has 0 atom stereocenters. The molecule has 0 amide bonds. The molecule has 2 nitrogen and oxygen atoms in total. The van der Waals surface area contributed by atoms with Crippen LogP contribution in [0.4, 0.5) is 11.4 Å². The smallest absolute Gasteiger partial charge is 0.175 e. The van der Waals surface area contributed by atoms with Crippen molar-refractivity contribution in [3.05, 3.63) is 55.4 Å². The van der Waals surface area contributed by atoms with Crippen LogP contribution < -0.4 is 10.6 Å². The van der Waals surface area contributed by atoms with Gasteiger partial charge in [-0.25, -0.2) is 0 Å². The molecule has 0 heterocycles. The van der Waals surface area contributed by atoms with Gasteiger partial charge < -0.3 is 10.6 Å². The van der Waals surface area contributed by atoms with Gasteiger partial charge in [-0.3, -0.25) is 0 Å². The first kappa shape index (κ1) is 16.0. The number of benzene rings is 2. The molecule has 2 N–H and O–H groups in total. The fraction of sp³-hybridized carbons (Fsp3) is 0. The van der Waals surface area contributed by atoms with Gasteiger partial charge in [-0.05, 0) is 64.5 Å². The molecule has 0 spiro atoms. The predicted octanol–water partition coefficient (Wildman–Crippen LogP) is 6.33. The largest absolute Gasteiger partial charge is 0.332 e. The Hall–Kier alpha value is -0.330. The zero-order valence-corrected chi connectivity index (χ0v) is 15.4. The Balaban J connectivity index is 2.07. The number of hydrogen-bond acceptors (Lipinski definition) is 1. The van der Waals surface area contributed by atoms with E-state index in [0.29, 0.717) is 15.2 Å². The number of hydrogen-bond donors (Lipinski definition) is 2. The van der Waals surface area contributed by atoms with Crippen molar-refractivity contribution >= 4 is 83.8 Å². The Bertz CT molecular complexity index is 665. The molecule has 104 valence electrons. The van der Waals surface area contributed by atoms with Gasteiger partial charge >= 0.3 is 0 Å². The van der Waals surface area contributed by atoms with Gasteiger partial charge in [0.2, 0.25) is 0 Å². The number of rotatable bonds is 2. The first-order chi connectivity index (χ1) is 9.45. The van der Waals surface area contributed by atoms with Gasteiger partial charge in [0.25, 0.3) is 0 Å². The third-order valence-electron chi connectivity index (χ3n) is 2.36. The van der Waals surface area contributed by atoms with Gasteiger partial charge in [0, 0.05) is 14.6 Å². The summed E-state index contributed by atoms with van der Waals surface area (Å²) in [6.45, 7) is 0. The normalized spacial score (nSPS) is 10.2. The highest BCUT2D eigenvalue weighted by atomic mass is 79.9. The van der Waals surface area contributed by atoms with E-state index < -0.39 is 0 Å². The van der Waals surface area contributed by atoms with E-state index in [2.05, 4.69) is 42.5 Å². The van der Waals surface area contributed by atoms with E-state index in [1.165, 1.54) is 0 Å². The van der Waals surface area contributed by atoms with E-state index in [4.69, 9.17) is 35.4 Å². The quantitative estimate of drug-likeness (QED) is 0.518. The molecule has 0 aliphatic carbocycles. The molecule has 0 aliphatic heterocycles. The Kier molecular flexibility index (Phi) is 5.69. The minimum atomic E-state index is 0.464. The summed E-state index contributed by atoms with van der Waals surface area (Å²) in [6.07, 6.45) is 0. The molecule has 2 aromatic rings. The Morgan fingerprint density at radius 1 is 0.950 bits per heavy atom. The van der Waals surface area contributed by atoms with Crippen LogP contribution >= 0.6 is 67.3 Å². The Morgan fingerprint density at radius 2 is 1.70 bits per heavy atom. The van der Waals surface area contributed by atoms with Gasteiger partial charge in [-0.15, -0.1) is 0 Å². The molecule has 20 heavy (non-hydrogen) atoms. The number of nitrogens with one attached hydrogen (secondary N) is 2. The highest BCUT2D eigenvalue weighted by Gasteiger charge is 2.05. The molecule has 0 saturated carbocycles. The van der Waals surface area contributed by atoms with Crippen LogP contribution in [0.5, 0.6) is 0 Å². The summed E-state index contributed by atoms with van der Waals surface area (Å²) in [6, 6.07) is 11.0. The van der Waals surface area contributed by atoms with Crippen LogP contribution in [0.2, 0.25) is 10.0 Å². The molecule has 0 aliphatic rings. The van der Waals surface area contributed by atoms with Crippen LogP contribution in [0.15, 0.2) is 45.3 Å². The maximum Gasteiger partial charge on any atom is 0.175 e. The van der Waals surface area contributed by atoms with Gasteiger partial charge in [-0.1, -0.05) is 39.1 Å². The summed E-state index contributed by atoms with van der Waals surface area (Å²) in [5, 5.41) is 7.59. The maximum absolute atomic E-state index is 5.95. The van der Waals surface area contributed by atoms with Gasteiger partial charge in [0.15, 0.2) is 5.11 Å². The highest BCUT2D eigenvalue weighted by molar-refractivity contribution is 9.11. The third kappa shape index (κ3) is 4.33. The van der Waals surface area contributed by atoms with E-state index in [1.54, 1.807) is 18.2 Å². The van der Waals surface area contributed by atoms with E-state index in [9.17, 15) is 0 Å². The summed E-state index contributed by atoms with van der Waals surface area (Å²) in [5.74, 6) is 0. The van der Waals surface area contributed by atoms with Crippen molar-refractivity contribution in [1.29, 1.82) is 0 Å². The van der Waals surface area contributed by atoms with Crippen molar-refractivity contribution in [2.24, 2.45) is 0 Å². The van der Waals surface area contributed by atoms with Crippen LogP contribution in [-0.2, 0) is 0 Å². The van der Waals surface area contributed by atoms with Crippen molar-refractivity contribution < 1.29 is 0 Å². The van der Waals surface area contributed by atoms with E-state index in [0.717, 1.165) is 20.3 Å². The number of anilines is 2.